The van der Waals surface area contributed by atoms with Crippen molar-refractivity contribution in [1.29, 1.82) is 0 Å². The van der Waals surface area contributed by atoms with E-state index in [-0.39, 0.29) is 18.2 Å². The lowest BCUT2D eigenvalue weighted by atomic mass is 10.5. The smallest absolute Gasteiger partial charge is 0.0797 e. The minimum Gasteiger partial charge on any atom is -0.391 e. The Morgan fingerprint density at radius 2 is 1.88 bits per heavy atom. The summed E-state index contributed by atoms with van der Waals surface area (Å²) in [5, 5.41) is 16.9. The lowest BCUT2D eigenvalue weighted by Gasteiger charge is -1.93. The summed E-state index contributed by atoms with van der Waals surface area (Å²) in [7, 11) is 0. The number of halogens is 2. The molecule has 0 rings (SSSR count). The molecule has 0 aromatic rings. The first kappa shape index (κ1) is 8.43. The van der Waals surface area contributed by atoms with E-state index in [2.05, 4.69) is 15.9 Å². The van der Waals surface area contributed by atoms with E-state index in [0.717, 1.165) is 0 Å². The van der Waals surface area contributed by atoms with Gasteiger partial charge in [-0.15, -0.1) is 0 Å². The highest BCUT2D eigenvalue weighted by Crippen LogP contribution is 2.13. The van der Waals surface area contributed by atoms with Crippen LogP contribution < -0.4 is 0 Å². The van der Waals surface area contributed by atoms with Crippen molar-refractivity contribution in [3.63, 3.8) is 0 Å². The molecule has 0 atom stereocenters. The third kappa shape index (κ3) is 2.67. The van der Waals surface area contributed by atoms with Crippen molar-refractivity contribution < 1.29 is 10.2 Å². The van der Waals surface area contributed by atoms with Gasteiger partial charge in [-0.1, -0.05) is 27.5 Å². The summed E-state index contributed by atoms with van der Waals surface area (Å²) in [6.07, 6.45) is 0. The van der Waals surface area contributed by atoms with Crippen LogP contribution in [0.15, 0.2) is 9.51 Å². The summed E-state index contributed by atoms with van der Waals surface area (Å²) in [6.45, 7) is -0.401. The molecule has 0 bridgehead atoms. The average molecular weight is 201 g/mol. The monoisotopic (exact) mass is 200 g/mol. The first-order valence-electron chi connectivity index (χ1n) is 1.97. The largest absolute Gasteiger partial charge is 0.391 e. The molecule has 0 heterocycles. The van der Waals surface area contributed by atoms with E-state index in [9.17, 15) is 0 Å². The van der Waals surface area contributed by atoms with Gasteiger partial charge < -0.3 is 10.2 Å². The number of aliphatic hydroxyl groups excluding tert-OH is 2. The van der Waals surface area contributed by atoms with E-state index in [4.69, 9.17) is 21.8 Å². The summed E-state index contributed by atoms with van der Waals surface area (Å²) in [5.74, 6) is 0. The summed E-state index contributed by atoms with van der Waals surface area (Å²) < 4.78 is 0.432. The maximum Gasteiger partial charge on any atom is 0.0797 e. The number of hydrogen-bond acceptors (Lipinski definition) is 2. The van der Waals surface area contributed by atoms with E-state index < -0.39 is 0 Å². The zero-order chi connectivity index (χ0) is 6.57. The Morgan fingerprint density at radius 3 is 2.00 bits per heavy atom. The quantitative estimate of drug-likeness (QED) is 0.694. The molecule has 0 radical (unpaired) electrons. The fourth-order valence-corrected chi connectivity index (χ4v) is 0.357. The molecule has 0 aliphatic carbocycles. The molecule has 4 heteroatoms. The zero-order valence-corrected chi connectivity index (χ0v) is 6.41. The van der Waals surface area contributed by atoms with Gasteiger partial charge in [-0.25, -0.2) is 0 Å². The Labute approximate surface area is 60.9 Å². The van der Waals surface area contributed by atoms with Gasteiger partial charge in [0, 0.05) is 4.48 Å². The molecule has 0 fully saturated rings. The molecule has 0 aromatic carbocycles. The first-order valence-corrected chi connectivity index (χ1v) is 3.14. The zero-order valence-electron chi connectivity index (χ0n) is 4.06. The third-order valence-corrected chi connectivity index (χ3v) is 1.88. The van der Waals surface area contributed by atoms with Crippen molar-refractivity contribution in [2.75, 3.05) is 13.2 Å². The molecule has 2 nitrogen and oxygen atoms in total. The van der Waals surface area contributed by atoms with Gasteiger partial charge in [0.15, 0.2) is 0 Å². The van der Waals surface area contributed by atoms with Crippen molar-refractivity contribution in [3.05, 3.63) is 9.51 Å². The van der Waals surface area contributed by atoms with Gasteiger partial charge in [0.1, 0.15) is 0 Å². The van der Waals surface area contributed by atoms with E-state index >= 15 is 0 Å². The van der Waals surface area contributed by atoms with Crippen LogP contribution in [0.2, 0.25) is 0 Å². The van der Waals surface area contributed by atoms with Crippen LogP contribution in [0.25, 0.3) is 0 Å². The molecular weight excluding hydrogens is 195 g/mol. The van der Waals surface area contributed by atoms with E-state index in [1.54, 1.807) is 0 Å². The van der Waals surface area contributed by atoms with E-state index in [1.165, 1.54) is 0 Å². The van der Waals surface area contributed by atoms with Crippen LogP contribution in [-0.2, 0) is 0 Å². The normalized spacial score (nSPS) is 13.5. The minimum absolute atomic E-state index is 0.167. The second-order valence-corrected chi connectivity index (χ2v) is 2.54. The fourth-order valence-electron chi connectivity index (χ4n) is 0.172. The Hall–Kier alpha value is 0.430. The van der Waals surface area contributed by atoms with E-state index in [0.29, 0.717) is 4.48 Å². The molecule has 48 valence electrons. The molecule has 0 aliphatic rings. The number of hydrogen-bond donors (Lipinski definition) is 2. The Morgan fingerprint density at radius 1 is 1.38 bits per heavy atom. The van der Waals surface area contributed by atoms with Gasteiger partial charge in [0.05, 0.1) is 18.2 Å². The van der Waals surface area contributed by atoms with Crippen LogP contribution >= 0.6 is 27.5 Å². The van der Waals surface area contributed by atoms with Gasteiger partial charge in [-0.2, -0.15) is 0 Å². The first-order chi connectivity index (χ1) is 3.72. The Bertz CT molecular complexity index is 90.2. The summed E-state index contributed by atoms with van der Waals surface area (Å²) in [5.41, 5.74) is 0. The van der Waals surface area contributed by atoms with Crippen molar-refractivity contribution in [2.45, 2.75) is 0 Å². The van der Waals surface area contributed by atoms with Gasteiger partial charge in [-0.05, 0) is 0 Å². The maximum absolute atomic E-state index is 8.34. The van der Waals surface area contributed by atoms with E-state index in [1.807, 2.05) is 0 Å². The van der Waals surface area contributed by atoms with Crippen molar-refractivity contribution >= 4 is 27.5 Å². The second kappa shape index (κ2) is 4.32. The summed E-state index contributed by atoms with van der Waals surface area (Å²) in [4.78, 5) is 0. The van der Waals surface area contributed by atoms with Gasteiger partial charge in [-0.3, -0.25) is 0 Å². The predicted molar refractivity (Wildman–Crippen MR) is 36.0 cm³/mol. The maximum atomic E-state index is 8.34. The Balaban J connectivity index is 3.83. The van der Waals surface area contributed by atoms with Crippen LogP contribution in [0.3, 0.4) is 0 Å². The molecule has 0 aliphatic heterocycles. The molecule has 0 saturated heterocycles. The molecule has 8 heavy (non-hydrogen) atoms. The van der Waals surface area contributed by atoms with Gasteiger partial charge >= 0.3 is 0 Å². The van der Waals surface area contributed by atoms with Crippen LogP contribution in [0.1, 0.15) is 0 Å². The third-order valence-electron chi connectivity index (χ3n) is 0.572. The average Bonchev–Trinajstić information content (AvgIpc) is 1.84. The van der Waals surface area contributed by atoms with Gasteiger partial charge in [0.2, 0.25) is 0 Å². The molecule has 0 saturated carbocycles. The van der Waals surface area contributed by atoms with Crippen LogP contribution in [0.4, 0.5) is 0 Å². The number of aliphatic hydroxyl groups is 2. The molecule has 0 spiro atoms. The standard InChI is InChI=1S/C4H6BrClO2/c5-3(1-7)4(6)2-8/h7-8H,1-2H2/b4-3+. The Kier molecular flexibility index (Phi) is 4.56. The topological polar surface area (TPSA) is 40.5 Å². The second-order valence-electron chi connectivity index (χ2n) is 1.13. The molecule has 0 unspecified atom stereocenters. The van der Waals surface area contributed by atoms with Crippen molar-refractivity contribution in [1.82, 2.24) is 0 Å². The SMILES string of the molecule is OC/C(Cl)=C(\Br)CO. The van der Waals surface area contributed by atoms with Crippen LogP contribution in [0, 0.1) is 0 Å². The van der Waals surface area contributed by atoms with Crippen LogP contribution in [-0.4, -0.2) is 23.4 Å². The summed E-state index contributed by atoms with van der Waals surface area (Å²) in [6, 6.07) is 0. The summed E-state index contributed by atoms with van der Waals surface area (Å²) >= 11 is 8.28. The van der Waals surface area contributed by atoms with Crippen molar-refractivity contribution in [3.8, 4) is 0 Å². The lowest BCUT2D eigenvalue weighted by Crippen LogP contribution is -1.88. The van der Waals surface area contributed by atoms with Crippen molar-refractivity contribution in [2.24, 2.45) is 0 Å². The predicted octanol–water partition coefficient (Wildman–Crippen LogP) is 0.816. The molecule has 0 amide bonds. The van der Waals surface area contributed by atoms with Crippen LogP contribution in [0.5, 0.6) is 0 Å². The fraction of sp³-hybridized carbons (Fsp3) is 0.500. The lowest BCUT2D eigenvalue weighted by molar-refractivity contribution is 0.324. The highest BCUT2D eigenvalue weighted by molar-refractivity contribution is 9.11. The highest BCUT2D eigenvalue weighted by Gasteiger charge is 1.95. The molecule has 0 aromatic heterocycles. The number of rotatable bonds is 2. The minimum atomic E-state index is -0.233. The van der Waals surface area contributed by atoms with Gasteiger partial charge in [0.25, 0.3) is 0 Å². The molecule has 2 N–H and O–H groups in total. The highest BCUT2D eigenvalue weighted by atomic mass is 79.9. The molecular formula is C4H6BrClO2.